The normalized spacial score (nSPS) is 10.2. The fourth-order valence-electron chi connectivity index (χ4n) is 1.65. The summed E-state index contributed by atoms with van der Waals surface area (Å²) in [5.41, 5.74) is 1.82. The summed E-state index contributed by atoms with van der Waals surface area (Å²) in [5.74, 6) is -0.183. The van der Waals surface area contributed by atoms with Gasteiger partial charge in [-0.3, -0.25) is 4.79 Å². The summed E-state index contributed by atoms with van der Waals surface area (Å²) in [6, 6.07) is 12.4. The number of phenolic OH excluding ortho intramolecular Hbond substituents is 1. The molecule has 0 aromatic heterocycles. The maximum Gasteiger partial charge on any atom is 0.196 e. The molecular formula is C14H11BrO2. The van der Waals surface area contributed by atoms with Crippen LogP contribution in [-0.2, 0) is 0 Å². The summed E-state index contributed by atoms with van der Waals surface area (Å²) in [5, 5.41) is 9.89. The van der Waals surface area contributed by atoms with Crippen LogP contribution in [0.15, 0.2) is 46.9 Å². The summed E-state index contributed by atoms with van der Waals surface area (Å²) in [6.45, 7) is 1.88. The van der Waals surface area contributed by atoms with Gasteiger partial charge in [0.25, 0.3) is 0 Å². The van der Waals surface area contributed by atoms with Crippen molar-refractivity contribution < 1.29 is 9.90 Å². The van der Waals surface area contributed by atoms with Gasteiger partial charge in [-0.25, -0.2) is 0 Å². The van der Waals surface area contributed by atoms with Gasteiger partial charge in [0.05, 0.1) is 10.0 Å². The first-order valence-electron chi connectivity index (χ1n) is 5.18. The highest BCUT2D eigenvalue weighted by atomic mass is 79.9. The summed E-state index contributed by atoms with van der Waals surface area (Å²) in [4.78, 5) is 12.2. The molecule has 2 aromatic carbocycles. The summed E-state index contributed by atoms with van der Waals surface area (Å²) in [7, 11) is 0. The van der Waals surface area contributed by atoms with E-state index in [-0.39, 0.29) is 11.5 Å². The topological polar surface area (TPSA) is 37.3 Å². The third kappa shape index (κ3) is 2.39. The number of benzene rings is 2. The molecule has 2 rings (SSSR count). The van der Waals surface area contributed by atoms with E-state index in [0.29, 0.717) is 15.6 Å². The average molecular weight is 291 g/mol. The Bertz CT molecular complexity index is 562. The van der Waals surface area contributed by atoms with Crippen LogP contribution in [0.1, 0.15) is 21.5 Å². The first-order chi connectivity index (χ1) is 8.09. The zero-order valence-electron chi connectivity index (χ0n) is 9.27. The van der Waals surface area contributed by atoms with Crippen LogP contribution in [0.2, 0.25) is 0 Å². The van der Waals surface area contributed by atoms with Gasteiger partial charge in [0.2, 0.25) is 0 Å². The number of carbonyl (C=O) groups excluding carboxylic acids is 1. The van der Waals surface area contributed by atoms with E-state index < -0.39 is 0 Å². The quantitative estimate of drug-likeness (QED) is 0.857. The smallest absolute Gasteiger partial charge is 0.196 e. The second-order valence-corrected chi connectivity index (χ2v) is 4.69. The third-order valence-electron chi connectivity index (χ3n) is 2.49. The lowest BCUT2D eigenvalue weighted by atomic mass is 10.0. The summed E-state index contributed by atoms with van der Waals surface area (Å²) in [6.07, 6.45) is 0. The Hall–Kier alpha value is -1.61. The maximum absolute atomic E-state index is 12.2. The fraction of sp³-hybridized carbons (Fsp3) is 0.0714. The lowest BCUT2D eigenvalue weighted by Crippen LogP contribution is -2.02. The monoisotopic (exact) mass is 290 g/mol. The molecule has 1 N–H and O–H groups in total. The van der Waals surface area contributed by atoms with Crippen LogP contribution in [0.3, 0.4) is 0 Å². The molecular weight excluding hydrogens is 280 g/mol. The maximum atomic E-state index is 12.2. The predicted molar refractivity (Wildman–Crippen MR) is 70.4 cm³/mol. The number of halogens is 1. The minimum absolute atomic E-state index is 0.00977. The van der Waals surface area contributed by atoms with Crippen LogP contribution in [0, 0.1) is 6.92 Å². The van der Waals surface area contributed by atoms with Crippen molar-refractivity contribution in [3.05, 3.63) is 63.6 Å². The van der Waals surface area contributed by atoms with Crippen molar-refractivity contribution in [3.63, 3.8) is 0 Å². The Morgan fingerprint density at radius 2 is 1.82 bits per heavy atom. The predicted octanol–water partition coefficient (Wildman–Crippen LogP) is 3.69. The van der Waals surface area contributed by atoms with E-state index in [0.717, 1.165) is 5.56 Å². The Labute approximate surface area is 108 Å². The number of hydrogen-bond donors (Lipinski definition) is 1. The molecule has 0 bridgehead atoms. The fourth-order valence-corrected chi connectivity index (χ4v) is 2.23. The summed E-state index contributed by atoms with van der Waals surface area (Å²) < 4.78 is 0.539. The number of rotatable bonds is 2. The molecule has 0 saturated heterocycles. The molecule has 2 nitrogen and oxygen atoms in total. The Morgan fingerprint density at radius 3 is 2.47 bits per heavy atom. The SMILES string of the molecule is Cc1cc(Br)c(O)c(C(=O)c2ccccc2)c1. The number of aromatic hydroxyl groups is 1. The largest absolute Gasteiger partial charge is 0.506 e. The van der Waals surface area contributed by atoms with E-state index in [1.165, 1.54) is 0 Å². The Kier molecular flexibility index (Phi) is 3.29. The molecule has 0 heterocycles. The van der Waals surface area contributed by atoms with Crippen molar-refractivity contribution in [1.82, 2.24) is 0 Å². The first kappa shape index (κ1) is 11.9. The van der Waals surface area contributed by atoms with E-state index >= 15 is 0 Å². The lowest BCUT2D eigenvalue weighted by molar-refractivity contribution is 0.103. The van der Waals surface area contributed by atoms with Gasteiger partial charge >= 0.3 is 0 Å². The van der Waals surface area contributed by atoms with Crippen LogP contribution in [-0.4, -0.2) is 10.9 Å². The average Bonchev–Trinajstić information content (AvgIpc) is 2.34. The molecule has 0 radical (unpaired) electrons. The van der Waals surface area contributed by atoms with Crippen LogP contribution < -0.4 is 0 Å². The minimum atomic E-state index is -0.174. The Balaban J connectivity index is 2.52. The van der Waals surface area contributed by atoms with Crippen LogP contribution in [0.5, 0.6) is 5.75 Å². The molecule has 0 saturated carbocycles. The standard InChI is InChI=1S/C14H11BrO2/c1-9-7-11(14(17)12(15)8-9)13(16)10-5-3-2-4-6-10/h2-8,17H,1H3. The van der Waals surface area contributed by atoms with Gasteiger partial charge in [-0.2, -0.15) is 0 Å². The van der Waals surface area contributed by atoms with Crippen LogP contribution in [0.25, 0.3) is 0 Å². The van der Waals surface area contributed by atoms with E-state index in [2.05, 4.69) is 15.9 Å². The van der Waals surface area contributed by atoms with Gasteiger partial charge < -0.3 is 5.11 Å². The molecule has 0 amide bonds. The van der Waals surface area contributed by atoms with Gasteiger partial charge in [-0.15, -0.1) is 0 Å². The van der Waals surface area contributed by atoms with Crippen molar-refractivity contribution in [3.8, 4) is 5.75 Å². The molecule has 0 spiro atoms. The number of aryl methyl sites for hydroxylation is 1. The van der Waals surface area contributed by atoms with Crippen molar-refractivity contribution in [2.24, 2.45) is 0 Å². The first-order valence-corrected chi connectivity index (χ1v) is 5.98. The molecule has 0 aliphatic heterocycles. The Morgan fingerprint density at radius 1 is 1.18 bits per heavy atom. The van der Waals surface area contributed by atoms with Gasteiger partial charge in [-0.1, -0.05) is 30.3 Å². The van der Waals surface area contributed by atoms with E-state index in [1.807, 2.05) is 13.0 Å². The second kappa shape index (κ2) is 4.72. The zero-order chi connectivity index (χ0) is 12.4. The van der Waals surface area contributed by atoms with Crippen LogP contribution in [0.4, 0.5) is 0 Å². The highest BCUT2D eigenvalue weighted by Gasteiger charge is 2.15. The lowest BCUT2D eigenvalue weighted by Gasteiger charge is -2.07. The van der Waals surface area contributed by atoms with Gasteiger partial charge in [0.15, 0.2) is 5.78 Å². The molecule has 17 heavy (non-hydrogen) atoms. The molecule has 3 heteroatoms. The third-order valence-corrected chi connectivity index (χ3v) is 3.09. The number of hydrogen-bond acceptors (Lipinski definition) is 2. The van der Waals surface area contributed by atoms with Gasteiger partial charge in [0, 0.05) is 5.56 Å². The molecule has 2 aromatic rings. The van der Waals surface area contributed by atoms with Crippen LogP contribution >= 0.6 is 15.9 Å². The molecule has 0 aliphatic carbocycles. The molecule has 0 atom stereocenters. The molecule has 0 fully saturated rings. The van der Waals surface area contributed by atoms with Crippen molar-refractivity contribution >= 4 is 21.7 Å². The van der Waals surface area contributed by atoms with E-state index in [1.54, 1.807) is 36.4 Å². The van der Waals surface area contributed by atoms with Crippen molar-refractivity contribution in [2.45, 2.75) is 6.92 Å². The van der Waals surface area contributed by atoms with Crippen molar-refractivity contribution in [2.75, 3.05) is 0 Å². The highest BCUT2D eigenvalue weighted by molar-refractivity contribution is 9.10. The number of carbonyl (C=O) groups is 1. The molecule has 86 valence electrons. The zero-order valence-corrected chi connectivity index (χ0v) is 10.9. The van der Waals surface area contributed by atoms with E-state index in [9.17, 15) is 9.90 Å². The van der Waals surface area contributed by atoms with Crippen molar-refractivity contribution in [1.29, 1.82) is 0 Å². The number of phenols is 1. The highest BCUT2D eigenvalue weighted by Crippen LogP contribution is 2.30. The molecule has 0 unspecified atom stereocenters. The van der Waals surface area contributed by atoms with Gasteiger partial charge in [-0.05, 0) is 40.5 Å². The van der Waals surface area contributed by atoms with E-state index in [4.69, 9.17) is 0 Å². The second-order valence-electron chi connectivity index (χ2n) is 3.84. The van der Waals surface area contributed by atoms with Gasteiger partial charge in [0.1, 0.15) is 5.75 Å². The molecule has 0 aliphatic rings. The number of ketones is 1. The summed E-state index contributed by atoms with van der Waals surface area (Å²) >= 11 is 3.24. The minimum Gasteiger partial charge on any atom is -0.506 e.